The summed E-state index contributed by atoms with van der Waals surface area (Å²) in [7, 11) is -1.96. The predicted molar refractivity (Wildman–Crippen MR) is 106 cm³/mol. The van der Waals surface area contributed by atoms with E-state index in [0.29, 0.717) is 43.9 Å². The number of benzene rings is 1. The standard InChI is InChI=1S/C19H24N4O4S/c1-27-18-7-3-2-6-17(18)22-19(24)21-13-15-8-11-23(12-9-15)28(25,26)16-5-4-10-20-14-16/h2-7,10,14-15H,8-9,11-13H2,1H3,(H2,21,22,24). The minimum atomic E-state index is -3.51. The van der Waals surface area contributed by atoms with Gasteiger partial charge in [0.05, 0.1) is 12.8 Å². The second-order valence-corrected chi connectivity index (χ2v) is 8.51. The van der Waals surface area contributed by atoms with Gasteiger partial charge in [-0.2, -0.15) is 4.31 Å². The van der Waals surface area contributed by atoms with Gasteiger partial charge in [0, 0.05) is 32.0 Å². The first kappa shape index (κ1) is 20.1. The smallest absolute Gasteiger partial charge is 0.319 e. The zero-order valence-corrected chi connectivity index (χ0v) is 16.5. The second kappa shape index (κ2) is 9.03. The van der Waals surface area contributed by atoms with Crippen molar-refractivity contribution in [2.24, 2.45) is 5.92 Å². The van der Waals surface area contributed by atoms with Crippen molar-refractivity contribution in [2.45, 2.75) is 17.7 Å². The number of aromatic nitrogens is 1. The molecule has 1 fully saturated rings. The fraction of sp³-hybridized carbons (Fsp3) is 0.368. The van der Waals surface area contributed by atoms with Crippen LogP contribution < -0.4 is 15.4 Å². The molecule has 3 rings (SSSR count). The summed E-state index contributed by atoms with van der Waals surface area (Å²) >= 11 is 0. The number of sulfonamides is 1. The van der Waals surface area contributed by atoms with Crippen molar-refractivity contribution >= 4 is 21.7 Å². The molecule has 2 heterocycles. The topological polar surface area (TPSA) is 101 Å². The Kier molecular flexibility index (Phi) is 6.48. The number of nitrogens with zero attached hydrogens (tertiary/aromatic N) is 2. The van der Waals surface area contributed by atoms with E-state index in [9.17, 15) is 13.2 Å². The van der Waals surface area contributed by atoms with Crippen LogP contribution in [0, 0.1) is 5.92 Å². The number of para-hydroxylation sites is 2. The third kappa shape index (κ3) is 4.79. The Morgan fingerprint density at radius 2 is 1.96 bits per heavy atom. The minimum Gasteiger partial charge on any atom is -0.495 e. The average molecular weight is 404 g/mol. The molecule has 1 aliphatic heterocycles. The number of hydrogen-bond acceptors (Lipinski definition) is 5. The first-order chi connectivity index (χ1) is 13.5. The van der Waals surface area contributed by atoms with Crippen LogP contribution >= 0.6 is 0 Å². The Labute approximate surface area is 165 Å². The number of carbonyl (C=O) groups excluding carboxylic acids is 1. The number of ether oxygens (including phenoxy) is 1. The molecule has 2 N–H and O–H groups in total. The number of nitrogens with one attached hydrogen (secondary N) is 2. The maximum Gasteiger partial charge on any atom is 0.319 e. The molecule has 0 unspecified atom stereocenters. The van der Waals surface area contributed by atoms with E-state index in [1.807, 2.05) is 12.1 Å². The number of amides is 2. The average Bonchev–Trinajstić information content (AvgIpc) is 2.73. The summed E-state index contributed by atoms with van der Waals surface area (Å²) in [5.74, 6) is 0.815. The number of pyridine rings is 1. The SMILES string of the molecule is COc1ccccc1NC(=O)NCC1CCN(S(=O)(=O)c2cccnc2)CC1. The molecule has 0 spiro atoms. The molecular formula is C19H24N4O4S. The number of hydrogen-bond donors (Lipinski definition) is 2. The van der Waals surface area contributed by atoms with Gasteiger partial charge in [-0.25, -0.2) is 13.2 Å². The summed E-state index contributed by atoms with van der Waals surface area (Å²) in [5, 5.41) is 5.62. The van der Waals surface area contributed by atoms with Crippen LogP contribution in [0.25, 0.3) is 0 Å². The van der Waals surface area contributed by atoms with Gasteiger partial charge in [0.1, 0.15) is 10.6 Å². The van der Waals surface area contributed by atoms with E-state index >= 15 is 0 Å². The lowest BCUT2D eigenvalue weighted by molar-refractivity contribution is 0.240. The first-order valence-electron chi connectivity index (χ1n) is 9.09. The number of anilines is 1. The van der Waals surface area contributed by atoms with Crippen molar-refractivity contribution in [2.75, 3.05) is 32.1 Å². The third-order valence-corrected chi connectivity index (χ3v) is 6.63. The quantitative estimate of drug-likeness (QED) is 0.770. The third-order valence-electron chi connectivity index (χ3n) is 4.75. The van der Waals surface area contributed by atoms with E-state index in [2.05, 4.69) is 15.6 Å². The Bertz CT molecular complexity index is 897. The van der Waals surface area contributed by atoms with Gasteiger partial charge in [-0.1, -0.05) is 12.1 Å². The summed E-state index contributed by atoms with van der Waals surface area (Å²) in [4.78, 5) is 16.2. The Morgan fingerprint density at radius 1 is 1.21 bits per heavy atom. The summed E-state index contributed by atoms with van der Waals surface area (Å²) < 4.78 is 31.9. The maximum absolute atomic E-state index is 12.6. The van der Waals surface area contributed by atoms with E-state index in [1.54, 1.807) is 37.6 Å². The molecule has 0 saturated carbocycles. The van der Waals surface area contributed by atoms with Crippen LogP contribution in [0.4, 0.5) is 10.5 Å². The van der Waals surface area contributed by atoms with Gasteiger partial charge in [-0.05, 0) is 43.0 Å². The predicted octanol–water partition coefficient (Wildman–Crippen LogP) is 2.31. The molecule has 0 radical (unpaired) electrons. The minimum absolute atomic E-state index is 0.211. The van der Waals surface area contributed by atoms with Gasteiger partial charge in [-0.15, -0.1) is 0 Å². The van der Waals surface area contributed by atoms with Gasteiger partial charge < -0.3 is 15.4 Å². The summed E-state index contributed by atoms with van der Waals surface area (Å²) in [6.45, 7) is 1.34. The van der Waals surface area contributed by atoms with Crippen molar-refractivity contribution in [1.82, 2.24) is 14.6 Å². The number of rotatable bonds is 6. The van der Waals surface area contributed by atoms with Crippen molar-refractivity contribution in [3.05, 3.63) is 48.8 Å². The lowest BCUT2D eigenvalue weighted by Crippen LogP contribution is -2.42. The van der Waals surface area contributed by atoms with E-state index in [4.69, 9.17) is 4.74 Å². The number of methoxy groups -OCH3 is 1. The van der Waals surface area contributed by atoms with Crippen molar-refractivity contribution in [1.29, 1.82) is 0 Å². The molecule has 0 atom stereocenters. The first-order valence-corrected chi connectivity index (χ1v) is 10.5. The molecular weight excluding hydrogens is 380 g/mol. The van der Waals surface area contributed by atoms with Crippen molar-refractivity contribution in [3.63, 3.8) is 0 Å². The Balaban J connectivity index is 1.47. The van der Waals surface area contributed by atoms with Crippen LogP contribution in [0.1, 0.15) is 12.8 Å². The second-order valence-electron chi connectivity index (χ2n) is 6.57. The fourth-order valence-corrected chi connectivity index (χ4v) is 4.59. The molecule has 8 nitrogen and oxygen atoms in total. The molecule has 9 heteroatoms. The lowest BCUT2D eigenvalue weighted by Gasteiger charge is -2.31. The largest absolute Gasteiger partial charge is 0.495 e. The fourth-order valence-electron chi connectivity index (χ4n) is 3.15. The van der Waals surface area contributed by atoms with Gasteiger partial charge in [0.25, 0.3) is 0 Å². The van der Waals surface area contributed by atoms with Gasteiger partial charge in [-0.3, -0.25) is 4.98 Å². The Hall–Kier alpha value is -2.65. The van der Waals surface area contributed by atoms with Crippen LogP contribution in [0.5, 0.6) is 5.75 Å². The van der Waals surface area contributed by atoms with E-state index < -0.39 is 10.0 Å². The molecule has 1 aliphatic rings. The van der Waals surface area contributed by atoms with Crippen LogP contribution in [-0.4, -0.2) is 50.5 Å². The van der Waals surface area contributed by atoms with E-state index in [1.165, 1.54) is 10.5 Å². The van der Waals surface area contributed by atoms with Crippen LogP contribution in [0.15, 0.2) is 53.7 Å². The maximum atomic E-state index is 12.6. The number of carbonyl (C=O) groups is 1. The molecule has 1 aromatic carbocycles. The lowest BCUT2D eigenvalue weighted by atomic mass is 9.98. The molecule has 2 amide bonds. The Morgan fingerprint density at radius 3 is 2.64 bits per heavy atom. The summed E-state index contributed by atoms with van der Waals surface area (Å²) in [6.07, 6.45) is 4.29. The van der Waals surface area contributed by atoms with Crippen molar-refractivity contribution < 1.29 is 17.9 Å². The molecule has 28 heavy (non-hydrogen) atoms. The monoisotopic (exact) mass is 404 g/mol. The zero-order chi connectivity index (χ0) is 20.0. The van der Waals surface area contributed by atoms with Crippen molar-refractivity contribution in [3.8, 4) is 5.75 Å². The highest BCUT2D eigenvalue weighted by Crippen LogP contribution is 2.24. The highest BCUT2D eigenvalue weighted by Gasteiger charge is 2.29. The highest BCUT2D eigenvalue weighted by atomic mass is 32.2. The highest BCUT2D eigenvalue weighted by molar-refractivity contribution is 7.89. The van der Waals surface area contributed by atoms with Crippen LogP contribution in [0.2, 0.25) is 0 Å². The molecule has 1 aromatic heterocycles. The molecule has 150 valence electrons. The number of piperidine rings is 1. The number of urea groups is 1. The van der Waals surface area contributed by atoms with Gasteiger partial charge in [0.15, 0.2) is 0 Å². The van der Waals surface area contributed by atoms with E-state index in [0.717, 1.165) is 0 Å². The normalized spacial score (nSPS) is 15.8. The summed E-state index contributed by atoms with van der Waals surface area (Å²) in [5.41, 5.74) is 0.597. The van der Waals surface area contributed by atoms with Gasteiger partial charge >= 0.3 is 6.03 Å². The zero-order valence-electron chi connectivity index (χ0n) is 15.7. The molecule has 1 saturated heterocycles. The molecule has 0 aliphatic carbocycles. The molecule has 2 aromatic rings. The molecule has 0 bridgehead atoms. The van der Waals surface area contributed by atoms with Crippen LogP contribution in [-0.2, 0) is 10.0 Å². The van der Waals surface area contributed by atoms with E-state index in [-0.39, 0.29) is 16.8 Å². The summed E-state index contributed by atoms with van der Waals surface area (Å²) in [6, 6.07) is 10.0. The van der Waals surface area contributed by atoms with Gasteiger partial charge in [0.2, 0.25) is 10.0 Å². The van der Waals surface area contributed by atoms with Crippen LogP contribution in [0.3, 0.4) is 0 Å².